The second kappa shape index (κ2) is 13.4. The lowest BCUT2D eigenvalue weighted by molar-refractivity contribution is 0.222. The number of ether oxygens (including phenoxy) is 1. The fourth-order valence-corrected chi connectivity index (χ4v) is 3.75. The highest BCUT2D eigenvalue weighted by Gasteiger charge is 2.28. The van der Waals surface area contributed by atoms with Crippen molar-refractivity contribution in [2.24, 2.45) is 4.99 Å². The Kier molecular flexibility index (Phi) is 10.6. The monoisotopic (exact) mass is 454 g/mol. The van der Waals surface area contributed by atoms with Gasteiger partial charge in [-0.25, -0.2) is 9.38 Å². The Morgan fingerprint density at radius 3 is 2.78 bits per heavy atom. The molecule has 0 fully saturated rings. The highest BCUT2D eigenvalue weighted by atomic mass is 35.5. The number of allylic oxidation sites excluding steroid dienone is 6. The number of nitrogens with one attached hydrogen (secondary N) is 2. The van der Waals surface area contributed by atoms with Crippen LogP contribution in [0, 0.1) is 22.6 Å². The highest BCUT2D eigenvalue weighted by molar-refractivity contribution is 6.56. The average molecular weight is 455 g/mol. The smallest absolute Gasteiger partial charge is 0.132 e. The number of hydrogen-bond donors (Lipinski definition) is 2. The van der Waals surface area contributed by atoms with Gasteiger partial charge in [-0.05, 0) is 55.2 Å². The van der Waals surface area contributed by atoms with Crippen molar-refractivity contribution < 1.29 is 9.13 Å². The molecule has 0 spiro atoms. The van der Waals surface area contributed by atoms with Crippen LogP contribution >= 0.6 is 11.6 Å². The summed E-state index contributed by atoms with van der Waals surface area (Å²) >= 11 is 5.76. The van der Waals surface area contributed by atoms with Gasteiger partial charge in [-0.15, -0.1) is 0 Å². The Balaban J connectivity index is 1.88. The third-order valence-corrected chi connectivity index (χ3v) is 5.27. The van der Waals surface area contributed by atoms with Crippen molar-refractivity contribution >= 4 is 23.0 Å². The lowest BCUT2D eigenvalue weighted by atomic mass is 9.96. The van der Waals surface area contributed by atoms with Gasteiger partial charge in [0.1, 0.15) is 24.3 Å². The molecule has 1 aliphatic carbocycles. The van der Waals surface area contributed by atoms with Crippen molar-refractivity contribution in [2.45, 2.75) is 32.1 Å². The molecular formula is C25H28ClFN4O. The largest absolute Gasteiger partial charge is 0.491 e. The van der Waals surface area contributed by atoms with Crippen LogP contribution in [-0.2, 0) is 4.74 Å². The van der Waals surface area contributed by atoms with Crippen LogP contribution in [0.5, 0.6) is 0 Å². The van der Waals surface area contributed by atoms with E-state index in [1.165, 1.54) is 17.8 Å². The van der Waals surface area contributed by atoms with Crippen molar-refractivity contribution in [1.82, 2.24) is 5.32 Å². The first-order chi connectivity index (χ1) is 15.5. The Hall–Kier alpha value is -3.01. The first kappa shape index (κ1) is 25.3. The van der Waals surface area contributed by atoms with Gasteiger partial charge < -0.3 is 15.5 Å². The van der Waals surface area contributed by atoms with Gasteiger partial charge in [0.25, 0.3) is 0 Å². The van der Waals surface area contributed by atoms with Crippen molar-refractivity contribution in [3.63, 3.8) is 0 Å². The molecule has 1 aliphatic rings. The van der Waals surface area contributed by atoms with E-state index in [2.05, 4.69) is 23.0 Å². The molecule has 168 valence electrons. The fraction of sp³-hybridized carbons (Fsp3) is 0.320. The second-order valence-corrected chi connectivity index (χ2v) is 7.34. The SMILES string of the molecule is C=C/C=C(C#N)\C(=C/C)OCCNCCC(=N)C1=C(N=CCl)C(c2ccc(F)cc2)CC1. The molecule has 0 aliphatic heterocycles. The molecule has 0 heterocycles. The average Bonchev–Trinajstić information content (AvgIpc) is 3.21. The quantitative estimate of drug-likeness (QED) is 0.138. The molecule has 0 aromatic heterocycles. The van der Waals surface area contributed by atoms with Crippen LogP contribution in [0.3, 0.4) is 0 Å². The van der Waals surface area contributed by atoms with Crippen molar-refractivity contribution in [3.05, 3.63) is 83.1 Å². The number of nitrogens with zero attached hydrogens (tertiary/aromatic N) is 2. The Bertz CT molecular complexity index is 971. The van der Waals surface area contributed by atoms with Crippen LogP contribution in [0.4, 0.5) is 4.39 Å². The third kappa shape index (κ3) is 7.01. The minimum absolute atomic E-state index is 0.0134. The molecule has 32 heavy (non-hydrogen) atoms. The summed E-state index contributed by atoms with van der Waals surface area (Å²) in [5.74, 6) is 0.260. The van der Waals surface area contributed by atoms with E-state index < -0.39 is 0 Å². The van der Waals surface area contributed by atoms with E-state index in [0.717, 1.165) is 29.7 Å². The molecular weight excluding hydrogens is 427 g/mol. The molecule has 1 aromatic rings. The van der Waals surface area contributed by atoms with Gasteiger partial charge in [0.05, 0.1) is 16.9 Å². The lowest BCUT2D eigenvalue weighted by Gasteiger charge is -2.13. The van der Waals surface area contributed by atoms with Gasteiger partial charge in [0.2, 0.25) is 0 Å². The van der Waals surface area contributed by atoms with E-state index >= 15 is 0 Å². The topological polar surface area (TPSA) is 81.3 Å². The van der Waals surface area contributed by atoms with E-state index in [-0.39, 0.29) is 11.7 Å². The molecule has 1 aromatic carbocycles. The molecule has 7 heteroatoms. The number of benzene rings is 1. The summed E-state index contributed by atoms with van der Waals surface area (Å²) in [6, 6.07) is 8.50. The molecule has 0 bridgehead atoms. The minimum Gasteiger partial charge on any atom is -0.491 e. The highest BCUT2D eigenvalue weighted by Crippen LogP contribution is 2.41. The number of aliphatic imine (C=N–C) groups is 1. The Morgan fingerprint density at radius 1 is 1.41 bits per heavy atom. The van der Waals surface area contributed by atoms with Crippen molar-refractivity contribution in [3.8, 4) is 6.07 Å². The summed E-state index contributed by atoms with van der Waals surface area (Å²) in [7, 11) is 0. The van der Waals surface area contributed by atoms with Crippen LogP contribution in [0.15, 0.2) is 76.7 Å². The number of nitriles is 1. The van der Waals surface area contributed by atoms with Gasteiger partial charge in [0, 0.05) is 31.1 Å². The van der Waals surface area contributed by atoms with E-state index in [4.69, 9.17) is 27.0 Å². The predicted molar refractivity (Wildman–Crippen MR) is 129 cm³/mol. The first-order valence-electron chi connectivity index (χ1n) is 10.5. The zero-order valence-corrected chi connectivity index (χ0v) is 19.0. The van der Waals surface area contributed by atoms with Crippen LogP contribution in [0.2, 0.25) is 0 Å². The zero-order valence-electron chi connectivity index (χ0n) is 18.2. The van der Waals surface area contributed by atoms with Crippen LogP contribution in [0.25, 0.3) is 0 Å². The van der Waals surface area contributed by atoms with E-state index in [0.29, 0.717) is 43.2 Å². The molecule has 1 atom stereocenters. The van der Waals surface area contributed by atoms with Crippen molar-refractivity contribution in [2.75, 3.05) is 19.7 Å². The molecule has 0 saturated heterocycles. The molecule has 1 unspecified atom stereocenters. The molecule has 2 N–H and O–H groups in total. The standard InChI is InChI=1S/C25H28ClFN4O/c1-3-5-19(16-28)24(4-2)32-15-14-30-13-12-23(29)22-11-10-21(25(22)31-17-26)18-6-8-20(27)9-7-18/h3-9,17,21,29-30H,1,10-15H2,2H3/b19-5-,24-4+,29-23?,31-17?. The summed E-state index contributed by atoms with van der Waals surface area (Å²) in [6.07, 6.45) is 7.01. The summed E-state index contributed by atoms with van der Waals surface area (Å²) in [4.78, 5) is 4.33. The van der Waals surface area contributed by atoms with Crippen molar-refractivity contribution in [1.29, 1.82) is 10.7 Å². The van der Waals surface area contributed by atoms with Gasteiger partial charge in [-0.1, -0.05) is 36.4 Å². The maximum atomic E-state index is 13.3. The van der Waals surface area contributed by atoms with Gasteiger partial charge >= 0.3 is 0 Å². The molecule has 2 rings (SSSR count). The first-order valence-corrected chi connectivity index (χ1v) is 10.9. The number of hydrogen-bond acceptors (Lipinski definition) is 5. The van der Waals surface area contributed by atoms with Crippen LogP contribution in [0.1, 0.15) is 37.7 Å². The zero-order chi connectivity index (χ0) is 23.3. The Labute approximate surface area is 194 Å². The Morgan fingerprint density at radius 2 is 2.16 bits per heavy atom. The minimum atomic E-state index is -0.275. The second-order valence-electron chi connectivity index (χ2n) is 7.14. The summed E-state index contributed by atoms with van der Waals surface area (Å²) in [5, 5.41) is 20.9. The predicted octanol–water partition coefficient (Wildman–Crippen LogP) is 5.78. The summed E-state index contributed by atoms with van der Waals surface area (Å²) < 4.78 is 18.9. The van der Waals surface area contributed by atoms with E-state index in [1.54, 1.807) is 30.4 Å². The summed E-state index contributed by atoms with van der Waals surface area (Å²) in [6.45, 7) is 7.02. The summed E-state index contributed by atoms with van der Waals surface area (Å²) in [5.41, 5.74) is 4.85. The van der Waals surface area contributed by atoms with Crippen LogP contribution < -0.4 is 5.32 Å². The molecule has 0 radical (unpaired) electrons. The van der Waals surface area contributed by atoms with Crippen LogP contribution in [-0.4, -0.2) is 31.1 Å². The number of rotatable bonds is 12. The molecule has 0 amide bonds. The molecule has 5 nitrogen and oxygen atoms in total. The van der Waals surface area contributed by atoms with E-state index in [1.807, 2.05) is 6.92 Å². The third-order valence-electron chi connectivity index (χ3n) is 5.17. The lowest BCUT2D eigenvalue weighted by Crippen LogP contribution is -2.23. The molecule has 0 saturated carbocycles. The normalized spacial score (nSPS) is 17.0. The number of halogens is 2. The van der Waals surface area contributed by atoms with E-state index in [9.17, 15) is 4.39 Å². The van der Waals surface area contributed by atoms with Gasteiger partial charge in [-0.3, -0.25) is 0 Å². The maximum Gasteiger partial charge on any atom is 0.132 e. The fourth-order valence-electron chi connectivity index (χ4n) is 3.64. The van der Waals surface area contributed by atoms with Gasteiger partial charge in [0.15, 0.2) is 0 Å². The van der Waals surface area contributed by atoms with Gasteiger partial charge in [-0.2, -0.15) is 5.26 Å². The maximum absolute atomic E-state index is 13.3.